The lowest BCUT2D eigenvalue weighted by Gasteiger charge is -2.29. The molecule has 2 heterocycles. The van der Waals surface area contributed by atoms with Gasteiger partial charge in [-0.3, -0.25) is 9.69 Å². The highest BCUT2D eigenvalue weighted by Crippen LogP contribution is 2.27. The Morgan fingerprint density at radius 1 is 1.03 bits per heavy atom. The number of benzene rings is 2. The van der Waals surface area contributed by atoms with Crippen LogP contribution >= 0.6 is 0 Å². The fraction of sp³-hybridized carbons (Fsp3) is 0.458. The summed E-state index contributed by atoms with van der Waals surface area (Å²) in [6, 6.07) is 11.4. The molecular weight excluding hydrogens is 397 g/mol. The predicted molar refractivity (Wildman–Crippen MR) is 119 cm³/mol. The Hall–Kier alpha value is -2.48. The van der Waals surface area contributed by atoms with Gasteiger partial charge in [0.2, 0.25) is 0 Å². The van der Waals surface area contributed by atoms with E-state index in [-0.39, 0.29) is 11.6 Å². The zero-order valence-corrected chi connectivity index (χ0v) is 18.0. The molecule has 2 aliphatic heterocycles. The van der Waals surface area contributed by atoms with Crippen LogP contribution in [0.3, 0.4) is 0 Å². The van der Waals surface area contributed by atoms with Gasteiger partial charge in [-0.05, 0) is 48.9 Å². The molecule has 166 valence electrons. The summed E-state index contributed by atoms with van der Waals surface area (Å²) in [7, 11) is 0. The summed E-state index contributed by atoms with van der Waals surface area (Å²) in [6.07, 6.45) is 0.603. The molecule has 4 rings (SSSR count). The van der Waals surface area contributed by atoms with Gasteiger partial charge in [-0.1, -0.05) is 0 Å². The maximum Gasteiger partial charge on any atom is 0.153 e. The number of anilines is 2. The van der Waals surface area contributed by atoms with E-state index in [2.05, 4.69) is 27.2 Å². The van der Waals surface area contributed by atoms with Crippen molar-refractivity contribution in [2.24, 2.45) is 0 Å². The summed E-state index contributed by atoms with van der Waals surface area (Å²) in [5.41, 5.74) is 3.62. The van der Waals surface area contributed by atoms with E-state index in [1.54, 1.807) is 6.07 Å². The van der Waals surface area contributed by atoms with Crippen molar-refractivity contribution >= 4 is 17.7 Å². The second-order valence-corrected chi connectivity index (χ2v) is 8.11. The van der Waals surface area contributed by atoms with E-state index in [1.807, 2.05) is 25.1 Å². The lowest BCUT2D eigenvalue weighted by molar-refractivity contribution is 0.0341. The summed E-state index contributed by atoms with van der Waals surface area (Å²) in [4.78, 5) is 16.0. The molecule has 0 bridgehead atoms. The van der Waals surface area contributed by atoms with E-state index in [4.69, 9.17) is 9.47 Å². The third-order valence-electron chi connectivity index (χ3n) is 5.92. The van der Waals surface area contributed by atoms with Gasteiger partial charge in [0.1, 0.15) is 5.82 Å². The Bertz CT molecular complexity index is 878. The minimum absolute atomic E-state index is 0.108. The predicted octanol–water partition coefficient (Wildman–Crippen LogP) is 3.48. The molecule has 2 aromatic rings. The lowest BCUT2D eigenvalue weighted by Crippen LogP contribution is -2.36. The molecule has 31 heavy (non-hydrogen) atoms. The molecule has 2 aromatic carbocycles. The third kappa shape index (κ3) is 5.42. The van der Waals surface area contributed by atoms with Gasteiger partial charge < -0.3 is 19.7 Å². The average molecular weight is 428 g/mol. The van der Waals surface area contributed by atoms with Crippen molar-refractivity contribution in [3.05, 3.63) is 58.9 Å². The molecule has 2 fully saturated rings. The first-order chi connectivity index (χ1) is 15.1. The number of ether oxygens (including phenoxy) is 2. The van der Waals surface area contributed by atoms with Crippen LogP contribution in [0.4, 0.5) is 15.8 Å². The van der Waals surface area contributed by atoms with Gasteiger partial charge in [-0.15, -0.1) is 0 Å². The van der Waals surface area contributed by atoms with Crippen LogP contribution in [0.2, 0.25) is 0 Å². The minimum Gasteiger partial charge on any atom is -0.379 e. The Balaban J connectivity index is 1.48. The fourth-order valence-electron chi connectivity index (χ4n) is 4.16. The SMILES string of the molecule is CC(Nc1ccc(N2CCOCC2)cc1)c1cc(CN2CCOCC2)cc(C=O)c1F. The number of hydrogen-bond donors (Lipinski definition) is 1. The van der Waals surface area contributed by atoms with Gasteiger partial charge in [0.05, 0.1) is 38.0 Å². The zero-order valence-electron chi connectivity index (χ0n) is 18.0. The molecule has 0 saturated carbocycles. The summed E-state index contributed by atoms with van der Waals surface area (Å²) >= 11 is 0. The van der Waals surface area contributed by atoms with Crippen LogP contribution in [0.5, 0.6) is 0 Å². The minimum atomic E-state index is -0.453. The van der Waals surface area contributed by atoms with E-state index in [1.165, 1.54) is 0 Å². The second kappa shape index (κ2) is 10.2. The van der Waals surface area contributed by atoms with Gasteiger partial charge in [0.15, 0.2) is 6.29 Å². The third-order valence-corrected chi connectivity index (χ3v) is 5.92. The van der Waals surface area contributed by atoms with E-state index in [0.29, 0.717) is 31.6 Å². The molecule has 0 amide bonds. The van der Waals surface area contributed by atoms with Crippen molar-refractivity contribution in [1.29, 1.82) is 0 Å². The Labute approximate surface area is 182 Å². The standard InChI is InChI=1S/C24H30FN3O3/c1-18(26-21-2-4-22(5-3-21)28-8-12-31-13-9-28)23-15-19(14-20(17-29)24(23)25)16-27-6-10-30-11-7-27/h2-5,14-15,17-18,26H,6-13,16H2,1H3. The van der Waals surface area contributed by atoms with Gasteiger partial charge in [0, 0.05) is 49.7 Å². The number of carbonyl (C=O) groups excluding carboxylic acids is 1. The van der Waals surface area contributed by atoms with Crippen LogP contribution < -0.4 is 10.2 Å². The number of rotatable bonds is 7. The van der Waals surface area contributed by atoms with Crippen LogP contribution in [0.1, 0.15) is 34.5 Å². The van der Waals surface area contributed by atoms with E-state index < -0.39 is 5.82 Å². The Morgan fingerprint density at radius 3 is 2.32 bits per heavy atom. The molecular formula is C24H30FN3O3. The molecule has 1 N–H and O–H groups in total. The monoisotopic (exact) mass is 427 g/mol. The highest BCUT2D eigenvalue weighted by molar-refractivity contribution is 5.76. The number of hydrogen-bond acceptors (Lipinski definition) is 6. The van der Waals surface area contributed by atoms with Crippen molar-refractivity contribution in [2.45, 2.75) is 19.5 Å². The molecule has 7 heteroatoms. The number of carbonyl (C=O) groups is 1. The lowest BCUT2D eigenvalue weighted by atomic mass is 9.99. The van der Waals surface area contributed by atoms with E-state index in [0.717, 1.165) is 56.3 Å². The molecule has 6 nitrogen and oxygen atoms in total. The first kappa shape index (κ1) is 21.7. The van der Waals surface area contributed by atoms with Crippen LogP contribution in [-0.2, 0) is 16.0 Å². The first-order valence-corrected chi connectivity index (χ1v) is 10.9. The summed E-state index contributed by atoms with van der Waals surface area (Å²) < 4.78 is 25.8. The molecule has 0 aromatic heterocycles. The molecule has 0 radical (unpaired) electrons. The van der Waals surface area contributed by atoms with Crippen LogP contribution in [0.15, 0.2) is 36.4 Å². The van der Waals surface area contributed by atoms with Gasteiger partial charge in [0.25, 0.3) is 0 Å². The molecule has 0 spiro atoms. The van der Waals surface area contributed by atoms with Crippen LogP contribution in [-0.4, -0.2) is 63.8 Å². The number of nitrogens with one attached hydrogen (secondary N) is 1. The van der Waals surface area contributed by atoms with Gasteiger partial charge in [-0.25, -0.2) is 4.39 Å². The average Bonchev–Trinajstić information content (AvgIpc) is 2.81. The first-order valence-electron chi connectivity index (χ1n) is 10.9. The van der Waals surface area contributed by atoms with Crippen molar-refractivity contribution in [1.82, 2.24) is 4.90 Å². The molecule has 1 unspecified atom stereocenters. The largest absolute Gasteiger partial charge is 0.379 e. The quantitative estimate of drug-likeness (QED) is 0.683. The van der Waals surface area contributed by atoms with Crippen molar-refractivity contribution in [2.75, 3.05) is 62.8 Å². The number of morpholine rings is 2. The second-order valence-electron chi connectivity index (χ2n) is 8.11. The number of nitrogens with zero attached hydrogens (tertiary/aromatic N) is 2. The highest BCUT2D eigenvalue weighted by Gasteiger charge is 2.19. The van der Waals surface area contributed by atoms with Crippen molar-refractivity contribution in [3.63, 3.8) is 0 Å². The van der Waals surface area contributed by atoms with Gasteiger partial charge in [-0.2, -0.15) is 0 Å². The van der Waals surface area contributed by atoms with Gasteiger partial charge >= 0.3 is 0 Å². The number of aldehydes is 1. The van der Waals surface area contributed by atoms with Crippen molar-refractivity contribution in [3.8, 4) is 0 Å². The topological polar surface area (TPSA) is 54.0 Å². The van der Waals surface area contributed by atoms with E-state index in [9.17, 15) is 9.18 Å². The molecule has 2 aliphatic rings. The molecule has 1 atom stereocenters. The normalized spacial score (nSPS) is 18.6. The van der Waals surface area contributed by atoms with E-state index >= 15 is 0 Å². The summed E-state index contributed by atoms with van der Waals surface area (Å²) in [5, 5.41) is 3.38. The maximum absolute atomic E-state index is 15.0. The Kier molecular flexibility index (Phi) is 7.17. The Morgan fingerprint density at radius 2 is 1.68 bits per heavy atom. The van der Waals surface area contributed by atoms with Crippen LogP contribution in [0.25, 0.3) is 0 Å². The zero-order chi connectivity index (χ0) is 21.6. The molecule has 0 aliphatic carbocycles. The smallest absolute Gasteiger partial charge is 0.153 e. The summed E-state index contributed by atoms with van der Waals surface area (Å²) in [5.74, 6) is -0.453. The summed E-state index contributed by atoms with van der Waals surface area (Å²) in [6.45, 7) is 8.95. The molecule has 2 saturated heterocycles. The van der Waals surface area contributed by atoms with Crippen molar-refractivity contribution < 1.29 is 18.7 Å². The van der Waals surface area contributed by atoms with Crippen LogP contribution in [0, 0.1) is 5.82 Å². The highest BCUT2D eigenvalue weighted by atomic mass is 19.1. The number of halogens is 1. The maximum atomic E-state index is 15.0. The fourth-order valence-corrected chi connectivity index (χ4v) is 4.16.